The van der Waals surface area contributed by atoms with Crippen molar-refractivity contribution in [3.63, 3.8) is 0 Å². The molecular weight excluding hydrogens is 422 g/mol. The summed E-state index contributed by atoms with van der Waals surface area (Å²) in [5.41, 5.74) is 4.05. The second-order valence-electron chi connectivity index (χ2n) is 8.51. The standard InChI is InChI=1S/C27H24F2N2O2/c1-15(2)18-6-9-20(10-7-18)30-25-24(21-11-5-16(3)13-17(21)4)26(32)31(27(25)33)23-12-8-19(28)14-22(23)29/h5-15,30H,1-4H3. The number of hydrogen-bond acceptors (Lipinski definition) is 3. The number of carbonyl (C=O) groups excluding carboxylic acids is 2. The molecule has 0 bridgehead atoms. The van der Waals surface area contributed by atoms with Crippen LogP contribution in [0, 0.1) is 25.5 Å². The fraction of sp³-hybridized carbons (Fsp3) is 0.185. The Morgan fingerprint density at radius 3 is 2.15 bits per heavy atom. The smallest absolute Gasteiger partial charge is 0.282 e. The Labute approximate surface area is 191 Å². The van der Waals surface area contributed by atoms with Crippen LogP contribution in [0.2, 0.25) is 0 Å². The van der Waals surface area contributed by atoms with Crippen molar-refractivity contribution in [2.24, 2.45) is 0 Å². The van der Waals surface area contributed by atoms with Gasteiger partial charge in [0.05, 0.1) is 11.3 Å². The third-order valence-electron chi connectivity index (χ3n) is 5.73. The molecule has 0 aliphatic carbocycles. The van der Waals surface area contributed by atoms with Crippen LogP contribution in [0.15, 0.2) is 66.4 Å². The lowest BCUT2D eigenvalue weighted by Crippen LogP contribution is -2.33. The van der Waals surface area contributed by atoms with Crippen LogP contribution in [-0.2, 0) is 9.59 Å². The number of aryl methyl sites for hydroxylation is 2. The summed E-state index contributed by atoms with van der Waals surface area (Å²) in [6.45, 7) is 7.95. The van der Waals surface area contributed by atoms with Gasteiger partial charge in [0.1, 0.15) is 17.3 Å². The molecule has 0 radical (unpaired) electrons. The lowest BCUT2D eigenvalue weighted by Gasteiger charge is -2.16. The molecule has 0 aromatic heterocycles. The zero-order chi connectivity index (χ0) is 23.9. The van der Waals surface area contributed by atoms with Gasteiger partial charge in [-0.05, 0) is 60.7 Å². The monoisotopic (exact) mass is 446 g/mol. The van der Waals surface area contributed by atoms with Crippen LogP contribution < -0.4 is 10.2 Å². The third kappa shape index (κ3) is 4.16. The first-order chi connectivity index (χ1) is 15.7. The van der Waals surface area contributed by atoms with Gasteiger partial charge in [0, 0.05) is 11.8 Å². The van der Waals surface area contributed by atoms with Crippen molar-refractivity contribution in [3.05, 3.63) is 100 Å². The predicted octanol–water partition coefficient (Wildman–Crippen LogP) is 6.10. The first-order valence-corrected chi connectivity index (χ1v) is 10.7. The number of rotatable bonds is 5. The van der Waals surface area contributed by atoms with Crippen molar-refractivity contribution < 1.29 is 18.4 Å². The van der Waals surface area contributed by atoms with E-state index in [0.717, 1.165) is 33.7 Å². The summed E-state index contributed by atoms with van der Waals surface area (Å²) in [5, 5.41) is 3.08. The summed E-state index contributed by atoms with van der Waals surface area (Å²) in [6, 6.07) is 15.9. The Bertz CT molecular complexity index is 1290. The second kappa shape index (κ2) is 8.62. The molecule has 3 aromatic carbocycles. The van der Waals surface area contributed by atoms with Crippen LogP contribution in [0.1, 0.15) is 42.0 Å². The molecule has 0 atom stereocenters. The fourth-order valence-electron chi connectivity index (χ4n) is 3.97. The van der Waals surface area contributed by atoms with E-state index in [0.29, 0.717) is 23.2 Å². The van der Waals surface area contributed by atoms with Gasteiger partial charge in [-0.3, -0.25) is 9.59 Å². The average Bonchev–Trinajstić information content (AvgIpc) is 2.99. The minimum absolute atomic E-state index is 0.0491. The van der Waals surface area contributed by atoms with Crippen molar-refractivity contribution >= 4 is 28.8 Å². The summed E-state index contributed by atoms with van der Waals surface area (Å²) < 4.78 is 28.0. The number of hydrogen-bond donors (Lipinski definition) is 1. The molecule has 2 amide bonds. The van der Waals surface area contributed by atoms with Gasteiger partial charge < -0.3 is 5.32 Å². The summed E-state index contributed by atoms with van der Waals surface area (Å²) in [4.78, 5) is 27.7. The zero-order valence-corrected chi connectivity index (χ0v) is 18.9. The first kappa shape index (κ1) is 22.4. The van der Waals surface area contributed by atoms with Crippen molar-refractivity contribution in [2.45, 2.75) is 33.6 Å². The van der Waals surface area contributed by atoms with Gasteiger partial charge in [-0.2, -0.15) is 0 Å². The van der Waals surface area contributed by atoms with Crippen molar-refractivity contribution in [1.29, 1.82) is 0 Å². The van der Waals surface area contributed by atoms with Gasteiger partial charge in [0.15, 0.2) is 0 Å². The molecule has 4 rings (SSSR count). The van der Waals surface area contributed by atoms with Crippen molar-refractivity contribution in [1.82, 2.24) is 0 Å². The summed E-state index contributed by atoms with van der Waals surface area (Å²) in [6.07, 6.45) is 0. The molecule has 1 heterocycles. The maximum atomic E-state index is 14.6. The van der Waals surface area contributed by atoms with Gasteiger partial charge in [-0.25, -0.2) is 13.7 Å². The van der Waals surface area contributed by atoms with Gasteiger partial charge in [0.2, 0.25) is 0 Å². The first-order valence-electron chi connectivity index (χ1n) is 10.7. The molecule has 1 aliphatic rings. The normalized spacial score (nSPS) is 14.0. The average molecular weight is 446 g/mol. The maximum absolute atomic E-state index is 14.6. The SMILES string of the molecule is Cc1ccc(C2=C(Nc3ccc(C(C)C)cc3)C(=O)N(c3ccc(F)cc3F)C2=O)c(C)c1. The van der Waals surface area contributed by atoms with Crippen molar-refractivity contribution in [2.75, 3.05) is 10.2 Å². The van der Waals surface area contributed by atoms with Crippen LogP contribution in [0.4, 0.5) is 20.2 Å². The highest BCUT2D eigenvalue weighted by molar-refractivity contribution is 6.46. The number of amides is 2. The van der Waals surface area contributed by atoms with Crippen LogP contribution in [0.25, 0.3) is 5.57 Å². The lowest BCUT2D eigenvalue weighted by atomic mass is 9.97. The van der Waals surface area contributed by atoms with Crippen LogP contribution in [0.3, 0.4) is 0 Å². The van der Waals surface area contributed by atoms with E-state index in [2.05, 4.69) is 19.2 Å². The topological polar surface area (TPSA) is 49.4 Å². The fourth-order valence-corrected chi connectivity index (χ4v) is 3.97. The molecule has 0 unspecified atom stereocenters. The molecule has 33 heavy (non-hydrogen) atoms. The quantitative estimate of drug-likeness (QED) is 0.482. The molecule has 0 saturated heterocycles. The highest BCUT2D eigenvalue weighted by atomic mass is 19.1. The van der Waals surface area contributed by atoms with E-state index >= 15 is 0 Å². The molecule has 0 fully saturated rings. The van der Waals surface area contributed by atoms with Gasteiger partial charge >= 0.3 is 0 Å². The molecule has 1 aliphatic heterocycles. The molecule has 0 saturated carbocycles. The molecule has 0 spiro atoms. The van der Waals surface area contributed by atoms with Crippen LogP contribution in [0.5, 0.6) is 0 Å². The minimum atomic E-state index is -0.987. The molecule has 6 heteroatoms. The Kier molecular flexibility index (Phi) is 5.85. The number of nitrogens with one attached hydrogen (secondary N) is 1. The zero-order valence-electron chi connectivity index (χ0n) is 18.9. The number of imide groups is 1. The third-order valence-corrected chi connectivity index (χ3v) is 5.73. The largest absolute Gasteiger partial charge is 0.350 e. The van der Waals surface area contributed by atoms with E-state index < -0.39 is 23.4 Å². The van der Waals surface area contributed by atoms with E-state index in [4.69, 9.17) is 0 Å². The molecular formula is C27H24F2N2O2. The number of nitrogens with zero attached hydrogens (tertiary/aromatic N) is 1. The maximum Gasteiger partial charge on any atom is 0.282 e. The summed E-state index contributed by atoms with van der Waals surface area (Å²) in [5.74, 6) is -2.80. The number of benzene rings is 3. The summed E-state index contributed by atoms with van der Waals surface area (Å²) in [7, 11) is 0. The van der Waals surface area contributed by atoms with Crippen LogP contribution in [-0.4, -0.2) is 11.8 Å². The number of halogens is 2. The highest BCUT2D eigenvalue weighted by Crippen LogP contribution is 2.36. The second-order valence-corrected chi connectivity index (χ2v) is 8.51. The summed E-state index contributed by atoms with van der Waals surface area (Å²) >= 11 is 0. The Balaban J connectivity index is 1.83. The number of carbonyl (C=O) groups is 2. The highest BCUT2D eigenvalue weighted by Gasteiger charge is 2.41. The predicted molar refractivity (Wildman–Crippen MR) is 126 cm³/mol. The molecule has 1 N–H and O–H groups in total. The number of anilines is 2. The molecule has 168 valence electrons. The van der Waals surface area contributed by atoms with Crippen molar-refractivity contribution in [3.8, 4) is 0 Å². The van der Waals surface area contributed by atoms with Gasteiger partial charge in [-0.1, -0.05) is 49.7 Å². The molecule has 3 aromatic rings. The minimum Gasteiger partial charge on any atom is -0.350 e. The Hall–Kier alpha value is -3.80. The van der Waals surface area contributed by atoms with Gasteiger partial charge in [-0.15, -0.1) is 0 Å². The van der Waals surface area contributed by atoms with E-state index in [1.54, 1.807) is 6.07 Å². The Morgan fingerprint density at radius 1 is 0.848 bits per heavy atom. The van der Waals surface area contributed by atoms with Crippen LogP contribution >= 0.6 is 0 Å². The Morgan fingerprint density at radius 2 is 1.55 bits per heavy atom. The molecule has 4 nitrogen and oxygen atoms in total. The lowest BCUT2D eigenvalue weighted by molar-refractivity contribution is -0.120. The van der Waals surface area contributed by atoms with E-state index in [1.807, 2.05) is 50.2 Å². The van der Waals surface area contributed by atoms with E-state index in [9.17, 15) is 18.4 Å². The van der Waals surface area contributed by atoms with E-state index in [-0.39, 0.29) is 17.0 Å². The van der Waals surface area contributed by atoms with E-state index in [1.165, 1.54) is 0 Å². The van der Waals surface area contributed by atoms with Gasteiger partial charge in [0.25, 0.3) is 11.8 Å².